The maximum atomic E-state index is 13.1. The average molecular weight is 448 g/mol. The molecule has 0 atom stereocenters. The number of hydrogen-bond donors (Lipinski definition) is 0. The molecule has 170 valence electrons. The quantitative estimate of drug-likeness (QED) is 0.372. The van der Waals surface area contributed by atoms with E-state index in [9.17, 15) is 4.79 Å². The molecule has 0 saturated heterocycles. The molecule has 0 saturated carbocycles. The van der Waals surface area contributed by atoms with E-state index in [2.05, 4.69) is 0 Å². The molecule has 4 rings (SSSR count). The van der Waals surface area contributed by atoms with Crippen LogP contribution in [0.4, 0.5) is 0 Å². The molecule has 7 heteroatoms. The van der Waals surface area contributed by atoms with E-state index in [1.165, 1.54) is 27.4 Å². The molecular weight excluding hydrogens is 424 g/mol. The van der Waals surface area contributed by atoms with Crippen molar-refractivity contribution in [2.24, 2.45) is 0 Å². The Kier molecular flexibility index (Phi) is 6.40. The van der Waals surface area contributed by atoms with Gasteiger partial charge < -0.3 is 28.1 Å². The van der Waals surface area contributed by atoms with Crippen LogP contribution in [0.25, 0.3) is 22.3 Å². The van der Waals surface area contributed by atoms with Crippen LogP contribution in [0.15, 0.2) is 69.9 Å². The highest BCUT2D eigenvalue weighted by atomic mass is 16.5. The highest BCUT2D eigenvalue weighted by Gasteiger charge is 2.22. The molecule has 0 unspecified atom stereocenters. The predicted octanol–water partition coefficient (Wildman–Crippen LogP) is 5.07. The van der Waals surface area contributed by atoms with Gasteiger partial charge in [-0.3, -0.25) is 4.79 Å². The highest BCUT2D eigenvalue weighted by Crippen LogP contribution is 2.43. The highest BCUT2D eigenvalue weighted by molar-refractivity contribution is 5.92. The van der Waals surface area contributed by atoms with Crippen LogP contribution >= 0.6 is 0 Å². The second-order valence-electron chi connectivity index (χ2n) is 7.13. The standard InChI is InChI=1S/C26H24O7/c1-28-17-10-11-18(20(12-17)29-2)21-13-19(27)24-22(30-3)14-23(25(31-4)26(24)33-21)32-15-16-8-6-5-7-9-16/h5-14H,15H2,1-4H3. The van der Waals surface area contributed by atoms with Crippen molar-refractivity contribution in [2.45, 2.75) is 6.61 Å². The lowest BCUT2D eigenvalue weighted by molar-refractivity contribution is 0.282. The third kappa shape index (κ3) is 4.30. The Bertz CT molecular complexity index is 1330. The van der Waals surface area contributed by atoms with E-state index in [1.807, 2.05) is 30.3 Å². The molecule has 0 radical (unpaired) electrons. The van der Waals surface area contributed by atoms with Crippen molar-refractivity contribution >= 4 is 11.0 Å². The van der Waals surface area contributed by atoms with E-state index in [-0.39, 0.29) is 16.4 Å². The van der Waals surface area contributed by atoms with E-state index >= 15 is 0 Å². The molecule has 0 fully saturated rings. The Morgan fingerprint density at radius 2 is 1.52 bits per heavy atom. The maximum absolute atomic E-state index is 13.1. The lowest BCUT2D eigenvalue weighted by Gasteiger charge is -2.16. The van der Waals surface area contributed by atoms with Crippen LogP contribution in [-0.2, 0) is 6.61 Å². The Balaban J connectivity index is 1.89. The fraction of sp³-hybridized carbons (Fsp3) is 0.192. The summed E-state index contributed by atoms with van der Waals surface area (Å²) >= 11 is 0. The van der Waals surface area contributed by atoms with Crippen molar-refractivity contribution in [1.29, 1.82) is 0 Å². The molecule has 7 nitrogen and oxygen atoms in total. The smallest absolute Gasteiger partial charge is 0.205 e. The summed E-state index contributed by atoms with van der Waals surface area (Å²) in [5, 5.41) is 0.262. The molecule has 0 spiro atoms. The summed E-state index contributed by atoms with van der Waals surface area (Å²) in [4.78, 5) is 13.1. The summed E-state index contributed by atoms with van der Waals surface area (Å²) in [7, 11) is 6.09. The van der Waals surface area contributed by atoms with Gasteiger partial charge in [-0.1, -0.05) is 30.3 Å². The molecule has 0 aliphatic rings. The minimum absolute atomic E-state index is 0.222. The van der Waals surface area contributed by atoms with Gasteiger partial charge in [0, 0.05) is 18.2 Å². The second kappa shape index (κ2) is 9.56. The predicted molar refractivity (Wildman–Crippen MR) is 125 cm³/mol. The van der Waals surface area contributed by atoms with Crippen molar-refractivity contribution in [3.63, 3.8) is 0 Å². The zero-order chi connectivity index (χ0) is 23.4. The van der Waals surface area contributed by atoms with Gasteiger partial charge in [0.2, 0.25) is 5.75 Å². The van der Waals surface area contributed by atoms with Crippen LogP contribution < -0.4 is 29.1 Å². The normalized spacial score (nSPS) is 10.7. The molecule has 0 amide bonds. The van der Waals surface area contributed by atoms with Gasteiger partial charge in [-0.15, -0.1) is 0 Å². The first kappa shape index (κ1) is 22.1. The van der Waals surface area contributed by atoms with Crippen molar-refractivity contribution in [3.8, 4) is 40.1 Å². The summed E-state index contributed by atoms with van der Waals surface area (Å²) in [6, 6.07) is 18.0. The average Bonchev–Trinajstić information content (AvgIpc) is 2.86. The van der Waals surface area contributed by atoms with Crippen LogP contribution in [0.3, 0.4) is 0 Å². The van der Waals surface area contributed by atoms with E-state index in [0.717, 1.165) is 5.56 Å². The van der Waals surface area contributed by atoms with Crippen LogP contribution in [0.1, 0.15) is 5.56 Å². The molecular formula is C26H24O7. The van der Waals surface area contributed by atoms with Gasteiger partial charge in [-0.05, 0) is 17.7 Å². The summed E-state index contributed by atoms with van der Waals surface area (Å²) in [6.07, 6.45) is 0. The molecule has 33 heavy (non-hydrogen) atoms. The van der Waals surface area contributed by atoms with Gasteiger partial charge in [0.1, 0.15) is 35.0 Å². The number of methoxy groups -OCH3 is 4. The minimum Gasteiger partial charge on any atom is -0.497 e. The van der Waals surface area contributed by atoms with E-state index in [1.54, 1.807) is 31.4 Å². The third-order valence-corrected chi connectivity index (χ3v) is 5.22. The Morgan fingerprint density at radius 3 is 2.18 bits per heavy atom. The maximum Gasteiger partial charge on any atom is 0.205 e. The first-order valence-corrected chi connectivity index (χ1v) is 10.2. The van der Waals surface area contributed by atoms with Gasteiger partial charge in [0.15, 0.2) is 16.8 Å². The molecule has 0 aliphatic heterocycles. The van der Waals surface area contributed by atoms with Crippen LogP contribution in [0.5, 0.6) is 28.7 Å². The fourth-order valence-electron chi connectivity index (χ4n) is 3.59. The molecule has 3 aromatic carbocycles. The minimum atomic E-state index is -0.283. The van der Waals surface area contributed by atoms with E-state index < -0.39 is 0 Å². The van der Waals surface area contributed by atoms with Crippen LogP contribution in [0.2, 0.25) is 0 Å². The third-order valence-electron chi connectivity index (χ3n) is 5.22. The summed E-state index contributed by atoms with van der Waals surface area (Å²) in [6.45, 7) is 0.308. The fourth-order valence-corrected chi connectivity index (χ4v) is 3.59. The van der Waals surface area contributed by atoms with Crippen LogP contribution in [0, 0.1) is 0 Å². The SMILES string of the molecule is COc1ccc(-c2cc(=O)c3c(OC)cc(OCc4ccccc4)c(OC)c3o2)c(OC)c1. The Hall–Kier alpha value is -4.13. The molecule has 0 N–H and O–H groups in total. The van der Waals surface area contributed by atoms with Crippen molar-refractivity contribution in [3.05, 3.63) is 76.5 Å². The topological polar surface area (TPSA) is 76.4 Å². The largest absolute Gasteiger partial charge is 0.497 e. The van der Waals surface area contributed by atoms with Gasteiger partial charge in [0.05, 0.1) is 34.0 Å². The van der Waals surface area contributed by atoms with Crippen molar-refractivity contribution < 1.29 is 28.1 Å². The molecule has 1 heterocycles. The summed E-state index contributed by atoms with van der Waals surface area (Å²) in [5.41, 5.74) is 1.51. The molecule has 0 bridgehead atoms. The first-order chi connectivity index (χ1) is 16.1. The Labute approximate surface area is 191 Å². The zero-order valence-electron chi connectivity index (χ0n) is 18.8. The molecule has 0 aliphatic carbocycles. The van der Waals surface area contributed by atoms with Crippen molar-refractivity contribution in [1.82, 2.24) is 0 Å². The second-order valence-corrected chi connectivity index (χ2v) is 7.13. The summed E-state index contributed by atoms with van der Waals surface area (Å²) in [5.74, 6) is 2.46. The first-order valence-electron chi connectivity index (χ1n) is 10.2. The van der Waals surface area contributed by atoms with Gasteiger partial charge in [-0.25, -0.2) is 0 Å². The summed E-state index contributed by atoms with van der Waals surface area (Å²) < 4.78 is 34.1. The number of rotatable bonds is 8. The Morgan fingerprint density at radius 1 is 0.758 bits per heavy atom. The lowest BCUT2D eigenvalue weighted by Crippen LogP contribution is -2.06. The number of fused-ring (bicyclic) bond motifs is 1. The zero-order valence-corrected chi connectivity index (χ0v) is 18.8. The van der Waals surface area contributed by atoms with Crippen molar-refractivity contribution in [2.75, 3.05) is 28.4 Å². The van der Waals surface area contributed by atoms with E-state index in [0.29, 0.717) is 46.7 Å². The van der Waals surface area contributed by atoms with Gasteiger partial charge in [-0.2, -0.15) is 0 Å². The van der Waals surface area contributed by atoms with Gasteiger partial charge >= 0.3 is 0 Å². The monoisotopic (exact) mass is 448 g/mol. The van der Waals surface area contributed by atoms with Crippen LogP contribution in [-0.4, -0.2) is 28.4 Å². The molecule has 1 aromatic heterocycles. The van der Waals surface area contributed by atoms with E-state index in [4.69, 9.17) is 28.1 Å². The number of ether oxygens (including phenoxy) is 5. The number of benzene rings is 3. The lowest BCUT2D eigenvalue weighted by atomic mass is 10.1. The number of hydrogen-bond acceptors (Lipinski definition) is 7. The molecule has 4 aromatic rings. The van der Waals surface area contributed by atoms with Gasteiger partial charge in [0.25, 0.3) is 0 Å².